The molecule has 2 rings (SSSR count). The second-order valence-corrected chi connectivity index (χ2v) is 5.43. The molecule has 6 heteroatoms. The van der Waals surface area contributed by atoms with E-state index < -0.39 is 5.54 Å². The second kappa shape index (κ2) is 6.49. The Morgan fingerprint density at radius 3 is 2.62 bits per heavy atom. The van der Waals surface area contributed by atoms with Crippen LogP contribution < -0.4 is 10.6 Å². The van der Waals surface area contributed by atoms with Gasteiger partial charge in [0.25, 0.3) is 0 Å². The second-order valence-electron chi connectivity index (χ2n) is 5.43. The minimum atomic E-state index is -0.478. The van der Waals surface area contributed by atoms with Crippen LogP contribution >= 0.6 is 0 Å². The van der Waals surface area contributed by atoms with E-state index in [1.54, 1.807) is 6.20 Å². The molecule has 3 N–H and O–H groups in total. The van der Waals surface area contributed by atoms with Crippen molar-refractivity contribution >= 4 is 17.6 Å². The highest BCUT2D eigenvalue weighted by molar-refractivity contribution is 5.53. The van der Waals surface area contributed by atoms with Crippen LogP contribution in [0.5, 0.6) is 0 Å². The highest BCUT2D eigenvalue weighted by atomic mass is 16.3. The molecule has 0 aromatic carbocycles. The molecular weight excluding hydrogens is 266 g/mol. The number of aryl methyl sites for hydroxylation is 1. The van der Waals surface area contributed by atoms with Gasteiger partial charge in [0.05, 0.1) is 12.1 Å². The first-order valence-electron chi connectivity index (χ1n) is 6.97. The van der Waals surface area contributed by atoms with Gasteiger partial charge >= 0.3 is 0 Å². The summed E-state index contributed by atoms with van der Waals surface area (Å²) in [6.07, 6.45) is 2.52. The lowest BCUT2D eigenvalue weighted by molar-refractivity contribution is 0.233. The van der Waals surface area contributed by atoms with Crippen LogP contribution in [0.3, 0.4) is 0 Å². The van der Waals surface area contributed by atoms with Crippen LogP contribution in [0.2, 0.25) is 0 Å². The zero-order chi connectivity index (χ0) is 15.3. The largest absolute Gasteiger partial charge is 0.394 e. The predicted octanol–water partition coefficient (Wildman–Crippen LogP) is 2.36. The Labute approximate surface area is 124 Å². The average molecular weight is 287 g/mol. The number of aromatic nitrogens is 3. The van der Waals surface area contributed by atoms with Gasteiger partial charge in [-0.1, -0.05) is 13.0 Å². The van der Waals surface area contributed by atoms with Crippen molar-refractivity contribution in [2.45, 2.75) is 32.7 Å². The molecule has 0 amide bonds. The summed E-state index contributed by atoms with van der Waals surface area (Å²) in [6.45, 7) is 5.81. The van der Waals surface area contributed by atoms with Crippen LogP contribution in [0, 0.1) is 0 Å². The number of aliphatic hydroxyl groups excluding tert-OH is 1. The van der Waals surface area contributed by atoms with Gasteiger partial charge in [0, 0.05) is 18.0 Å². The normalized spacial score (nSPS) is 11.2. The molecule has 0 saturated heterocycles. The topological polar surface area (TPSA) is 83.0 Å². The zero-order valence-corrected chi connectivity index (χ0v) is 12.6. The van der Waals surface area contributed by atoms with Crippen molar-refractivity contribution in [2.75, 3.05) is 17.2 Å². The average Bonchev–Trinajstić information content (AvgIpc) is 2.47. The van der Waals surface area contributed by atoms with Gasteiger partial charge in [0.2, 0.25) is 5.95 Å². The van der Waals surface area contributed by atoms with Crippen molar-refractivity contribution in [3.63, 3.8) is 0 Å². The molecule has 0 radical (unpaired) electrons. The first-order valence-corrected chi connectivity index (χ1v) is 6.97. The molecule has 0 aliphatic rings. The lowest BCUT2D eigenvalue weighted by Crippen LogP contribution is -2.35. The third-order valence-corrected chi connectivity index (χ3v) is 2.91. The van der Waals surface area contributed by atoms with E-state index in [-0.39, 0.29) is 6.61 Å². The summed E-state index contributed by atoms with van der Waals surface area (Å²) in [5.41, 5.74) is 0.439. The maximum atomic E-state index is 9.34. The highest BCUT2D eigenvalue weighted by Gasteiger charge is 2.18. The van der Waals surface area contributed by atoms with Gasteiger partial charge in [-0.2, -0.15) is 4.98 Å². The highest BCUT2D eigenvalue weighted by Crippen LogP contribution is 2.17. The third-order valence-electron chi connectivity index (χ3n) is 2.91. The summed E-state index contributed by atoms with van der Waals surface area (Å²) >= 11 is 0. The van der Waals surface area contributed by atoms with Gasteiger partial charge in [-0.3, -0.25) is 0 Å². The fraction of sp³-hybridized carbons (Fsp3) is 0.400. The van der Waals surface area contributed by atoms with Crippen LogP contribution in [-0.4, -0.2) is 32.2 Å². The number of nitrogens with zero attached hydrogens (tertiary/aromatic N) is 3. The lowest BCUT2D eigenvalue weighted by Gasteiger charge is -2.23. The molecule has 6 nitrogen and oxygen atoms in total. The molecule has 2 aromatic rings. The fourth-order valence-corrected chi connectivity index (χ4v) is 1.71. The maximum Gasteiger partial charge on any atom is 0.225 e. The lowest BCUT2D eigenvalue weighted by atomic mass is 10.1. The Morgan fingerprint density at radius 2 is 2.00 bits per heavy atom. The summed E-state index contributed by atoms with van der Waals surface area (Å²) in [5.74, 6) is 1.90. The standard InChI is InChI=1S/C15H21N5O/c1-4-11-9-13(18-12-7-5-6-8-16-12)19-14(17-11)20-15(2,3)10-21/h5-9,21H,4,10H2,1-3H3,(H2,16,17,18,19,20). The summed E-state index contributed by atoms with van der Waals surface area (Å²) in [7, 11) is 0. The van der Waals surface area contributed by atoms with E-state index in [0.717, 1.165) is 17.9 Å². The Morgan fingerprint density at radius 1 is 1.19 bits per heavy atom. The molecule has 0 spiro atoms. The number of hydrogen-bond acceptors (Lipinski definition) is 6. The van der Waals surface area contributed by atoms with E-state index in [2.05, 4.69) is 25.6 Å². The van der Waals surface area contributed by atoms with E-state index in [1.807, 2.05) is 45.0 Å². The molecule has 0 aliphatic heterocycles. The fourth-order valence-electron chi connectivity index (χ4n) is 1.71. The number of anilines is 3. The van der Waals surface area contributed by atoms with Gasteiger partial charge in [-0.05, 0) is 32.4 Å². The minimum absolute atomic E-state index is 0.00425. The molecule has 0 saturated carbocycles. The first-order chi connectivity index (χ1) is 10.0. The van der Waals surface area contributed by atoms with Crippen molar-refractivity contribution in [2.24, 2.45) is 0 Å². The van der Waals surface area contributed by atoms with Crippen LogP contribution in [0.4, 0.5) is 17.6 Å². The van der Waals surface area contributed by atoms with Crippen molar-refractivity contribution in [3.8, 4) is 0 Å². The smallest absolute Gasteiger partial charge is 0.225 e. The number of rotatable bonds is 6. The third kappa shape index (κ3) is 4.39. The molecule has 2 aromatic heterocycles. The van der Waals surface area contributed by atoms with E-state index in [9.17, 15) is 5.11 Å². The van der Waals surface area contributed by atoms with Crippen LogP contribution in [0.15, 0.2) is 30.5 Å². The summed E-state index contributed by atoms with van der Waals surface area (Å²) < 4.78 is 0. The minimum Gasteiger partial charge on any atom is -0.394 e. The van der Waals surface area contributed by atoms with Crippen molar-refractivity contribution in [3.05, 3.63) is 36.2 Å². The Balaban J connectivity index is 2.25. The van der Waals surface area contributed by atoms with Crippen molar-refractivity contribution < 1.29 is 5.11 Å². The number of pyridine rings is 1. The molecule has 0 unspecified atom stereocenters. The van der Waals surface area contributed by atoms with Crippen molar-refractivity contribution in [1.82, 2.24) is 15.0 Å². The maximum absolute atomic E-state index is 9.34. The molecule has 0 atom stereocenters. The molecule has 0 fully saturated rings. The summed E-state index contributed by atoms with van der Waals surface area (Å²) in [5, 5.41) is 15.6. The van der Waals surface area contributed by atoms with Crippen LogP contribution in [0.25, 0.3) is 0 Å². The van der Waals surface area contributed by atoms with Gasteiger partial charge in [0.15, 0.2) is 0 Å². The van der Waals surface area contributed by atoms with E-state index in [0.29, 0.717) is 11.8 Å². The van der Waals surface area contributed by atoms with Gasteiger partial charge in [-0.15, -0.1) is 0 Å². The molecular formula is C15H21N5O. The zero-order valence-electron chi connectivity index (χ0n) is 12.6. The first kappa shape index (κ1) is 15.2. The van der Waals surface area contributed by atoms with Gasteiger partial charge in [-0.25, -0.2) is 9.97 Å². The Kier molecular flexibility index (Phi) is 4.70. The molecule has 0 aliphatic carbocycles. The number of hydrogen-bond donors (Lipinski definition) is 3. The molecule has 21 heavy (non-hydrogen) atoms. The van der Waals surface area contributed by atoms with E-state index in [4.69, 9.17) is 0 Å². The Hall–Kier alpha value is -2.21. The summed E-state index contributed by atoms with van der Waals surface area (Å²) in [4.78, 5) is 13.1. The van der Waals surface area contributed by atoms with Gasteiger partial charge in [0.1, 0.15) is 11.6 Å². The van der Waals surface area contributed by atoms with Gasteiger partial charge < -0.3 is 15.7 Å². The number of aliphatic hydroxyl groups is 1. The van der Waals surface area contributed by atoms with Crippen molar-refractivity contribution in [1.29, 1.82) is 0 Å². The Bertz CT molecular complexity index is 586. The quantitative estimate of drug-likeness (QED) is 0.756. The SMILES string of the molecule is CCc1cc(Nc2ccccn2)nc(NC(C)(C)CO)n1. The molecule has 2 heterocycles. The summed E-state index contributed by atoms with van der Waals surface area (Å²) in [6, 6.07) is 7.54. The van der Waals surface area contributed by atoms with E-state index >= 15 is 0 Å². The molecule has 0 bridgehead atoms. The number of nitrogens with one attached hydrogen (secondary N) is 2. The monoisotopic (exact) mass is 287 g/mol. The van der Waals surface area contributed by atoms with Crippen LogP contribution in [-0.2, 0) is 6.42 Å². The molecule has 112 valence electrons. The van der Waals surface area contributed by atoms with Crippen LogP contribution in [0.1, 0.15) is 26.5 Å². The van der Waals surface area contributed by atoms with E-state index in [1.165, 1.54) is 0 Å². The predicted molar refractivity (Wildman–Crippen MR) is 83.7 cm³/mol.